The van der Waals surface area contributed by atoms with E-state index in [9.17, 15) is 0 Å². The van der Waals surface area contributed by atoms with E-state index in [1.54, 1.807) is 6.20 Å². The molecule has 1 aromatic heterocycles. The van der Waals surface area contributed by atoms with Gasteiger partial charge in [0.25, 0.3) is 0 Å². The first-order chi connectivity index (χ1) is 5.86. The highest BCUT2D eigenvalue weighted by molar-refractivity contribution is 8.27. The first kappa shape index (κ1) is 7.82. The molecule has 1 aliphatic rings. The van der Waals surface area contributed by atoms with Crippen LogP contribution in [0.4, 0.5) is 0 Å². The maximum Gasteiger partial charge on any atom is 0.135 e. The Labute approximate surface area is 80.1 Å². The summed E-state index contributed by atoms with van der Waals surface area (Å²) in [7, 11) is 0. The highest BCUT2D eigenvalue weighted by atomic mass is 32.2. The molecule has 0 amide bonds. The zero-order chi connectivity index (χ0) is 8.39. The van der Waals surface area contributed by atoms with Crippen molar-refractivity contribution < 1.29 is 0 Å². The Hall–Kier alpha value is -0.810. The molecule has 0 saturated carbocycles. The van der Waals surface area contributed by atoms with E-state index in [-0.39, 0.29) is 5.37 Å². The van der Waals surface area contributed by atoms with Crippen LogP contribution in [0.15, 0.2) is 29.5 Å². The van der Waals surface area contributed by atoms with Crippen LogP contribution in [-0.2, 0) is 12.6 Å². The van der Waals surface area contributed by atoms with Crippen LogP contribution in [0.3, 0.4) is 0 Å². The number of pyridine rings is 1. The number of hydrogen-bond acceptors (Lipinski definition) is 5. The lowest BCUT2D eigenvalue weighted by atomic mass is 10.3. The molecule has 0 bridgehead atoms. The zero-order valence-electron chi connectivity index (χ0n) is 6.10. The number of nitrogens with zero attached hydrogens (tertiary/aromatic N) is 2. The maximum absolute atomic E-state index is 4.90. The van der Waals surface area contributed by atoms with Gasteiger partial charge in [0.1, 0.15) is 5.37 Å². The van der Waals surface area contributed by atoms with Crippen LogP contribution < -0.4 is 5.43 Å². The summed E-state index contributed by atoms with van der Waals surface area (Å²) < 4.78 is 0.644. The summed E-state index contributed by atoms with van der Waals surface area (Å²) in [6.45, 7) is 0. The Bertz CT molecular complexity index is 299. The molecule has 0 saturated heterocycles. The lowest BCUT2D eigenvalue weighted by Crippen LogP contribution is -2.07. The monoisotopic (exact) mass is 196 g/mol. The first-order valence-electron chi connectivity index (χ1n) is 3.44. The van der Waals surface area contributed by atoms with Crippen molar-refractivity contribution in [2.24, 2.45) is 5.10 Å². The van der Waals surface area contributed by atoms with E-state index in [1.807, 2.05) is 18.2 Å². The molecule has 1 atom stereocenters. The Morgan fingerprint density at radius 2 is 2.42 bits per heavy atom. The summed E-state index contributed by atoms with van der Waals surface area (Å²) in [5.74, 6) is 0. The van der Waals surface area contributed by atoms with Crippen LogP contribution in [0.2, 0.25) is 0 Å². The third-order valence-corrected chi connectivity index (χ3v) is 2.70. The summed E-state index contributed by atoms with van der Waals surface area (Å²) >= 11 is 6.41. The average Bonchev–Trinajstić information content (AvgIpc) is 2.54. The number of thioether (sulfide) groups is 1. The van der Waals surface area contributed by atoms with Crippen molar-refractivity contribution in [2.75, 3.05) is 0 Å². The second-order valence-electron chi connectivity index (χ2n) is 2.26. The summed E-state index contributed by atoms with van der Waals surface area (Å²) in [6.07, 6.45) is 1.76. The highest BCUT2D eigenvalue weighted by Crippen LogP contribution is 2.29. The van der Waals surface area contributed by atoms with Crippen molar-refractivity contribution >= 4 is 28.8 Å². The van der Waals surface area contributed by atoms with Crippen molar-refractivity contribution in [2.45, 2.75) is 5.37 Å². The summed E-state index contributed by atoms with van der Waals surface area (Å²) in [5.41, 5.74) is 3.87. The molecule has 2 rings (SSSR count). The fourth-order valence-electron chi connectivity index (χ4n) is 0.922. The van der Waals surface area contributed by atoms with E-state index in [2.05, 4.69) is 15.5 Å². The van der Waals surface area contributed by atoms with Gasteiger partial charge in [-0.1, -0.05) is 6.07 Å². The average molecular weight is 196 g/mol. The first-order valence-corrected chi connectivity index (χ1v) is 4.73. The lowest BCUT2D eigenvalue weighted by Gasteiger charge is -2.08. The fraction of sp³-hybridized carbons (Fsp3) is 0.143. The van der Waals surface area contributed by atoms with Gasteiger partial charge in [0.2, 0.25) is 0 Å². The third-order valence-electron chi connectivity index (χ3n) is 1.45. The number of hydrazone groups is 1. The molecule has 12 heavy (non-hydrogen) atoms. The van der Waals surface area contributed by atoms with Gasteiger partial charge in [0, 0.05) is 6.20 Å². The van der Waals surface area contributed by atoms with Crippen molar-refractivity contribution in [3.05, 3.63) is 30.1 Å². The molecule has 1 N–H and O–H groups in total. The Balaban J connectivity index is 2.14. The lowest BCUT2D eigenvalue weighted by molar-refractivity contribution is 0.725. The Morgan fingerprint density at radius 3 is 3.00 bits per heavy atom. The van der Waals surface area contributed by atoms with Gasteiger partial charge in [-0.05, 0) is 16.5 Å². The van der Waals surface area contributed by atoms with Crippen LogP contribution in [-0.4, -0.2) is 9.36 Å². The number of hydrogen-bond donors (Lipinski definition) is 1. The van der Waals surface area contributed by atoms with E-state index in [0.717, 1.165) is 5.69 Å². The summed E-state index contributed by atoms with van der Waals surface area (Å²) in [4.78, 5) is 4.19. The van der Waals surface area contributed by atoms with Crippen LogP contribution in [0, 0.1) is 0 Å². The molecule has 2 heterocycles. The van der Waals surface area contributed by atoms with E-state index in [1.165, 1.54) is 11.8 Å². The van der Waals surface area contributed by atoms with Gasteiger partial charge in [0.15, 0.2) is 0 Å². The van der Waals surface area contributed by atoms with Gasteiger partial charge in [-0.2, -0.15) is 0 Å². The zero-order valence-corrected chi connectivity index (χ0v) is 7.73. The van der Waals surface area contributed by atoms with Crippen LogP contribution in [0.25, 0.3) is 0 Å². The number of nitrogens with one attached hydrogen (secondary N) is 1. The van der Waals surface area contributed by atoms with E-state index >= 15 is 0 Å². The summed E-state index contributed by atoms with van der Waals surface area (Å²) in [5, 5.41) is 3.99. The molecule has 1 aromatic rings. The molecule has 3 nitrogen and oxygen atoms in total. The van der Waals surface area contributed by atoms with Crippen molar-refractivity contribution in [3.8, 4) is 0 Å². The molecule has 62 valence electrons. The fourth-order valence-corrected chi connectivity index (χ4v) is 1.94. The van der Waals surface area contributed by atoms with Gasteiger partial charge < -0.3 is 12.6 Å². The van der Waals surface area contributed by atoms with Gasteiger partial charge in [-0.25, -0.2) is 5.10 Å². The van der Waals surface area contributed by atoms with Gasteiger partial charge >= 0.3 is 0 Å². The molecule has 0 unspecified atom stereocenters. The van der Waals surface area contributed by atoms with E-state index in [0.29, 0.717) is 4.38 Å². The Kier molecular flexibility index (Phi) is 2.14. The van der Waals surface area contributed by atoms with Crippen molar-refractivity contribution in [1.29, 1.82) is 0 Å². The second kappa shape index (κ2) is 3.28. The molecular formula is C7H6N3S2-. The van der Waals surface area contributed by atoms with E-state index in [4.69, 9.17) is 12.6 Å². The minimum atomic E-state index is 0.0960. The van der Waals surface area contributed by atoms with Crippen LogP contribution in [0.1, 0.15) is 11.1 Å². The van der Waals surface area contributed by atoms with Crippen molar-refractivity contribution in [3.63, 3.8) is 0 Å². The highest BCUT2D eigenvalue weighted by Gasteiger charge is 2.15. The second-order valence-corrected chi connectivity index (χ2v) is 4.00. The van der Waals surface area contributed by atoms with Gasteiger partial charge in [-0.3, -0.25) is 10.4 Å². The van der Waals surface area contributed by atoms with Gasteiger partial charge in [0.05, 0.1) is 5.69 Å². The summed E-state index contributed by atoms with van der Waals surface area (Å²) in [6, 6.07) is 5.79. The molecule has 0 radical (unpaired) electrons. The minimum Gasteiger partial charge on any atom is -0.752 e. The molecular weight excluding hydrogens is 190 g/mol. The number of rotatable bonds is 1. The minimum absolute atomic E-state index is 0.0960. The number of aromatic nitrogens is 1. The molecule has 0 aliphatic carbocycles. The molecule has 1 aliphatic heterocycles. The molecule has 0 spiro atoms. The predicted molar refractivity (Wildman–Crippen MR) is 52.5 cm³/mol. The normalized spacial score (nSPS) is 21.7. The van der Waals surface area contributed by atoms with Crippen molar-refractivity contribution in [1.82, 2.24) is 10.4 Å². The topological polar surface area (TPSA) is 37.3 Å². The third kappa shape index (κ3) is 1.51. The quantitative estimate of drug-likeness (QED) is 0.686. The SMILES string of the molecule is [S-]C1=NN[C@@H](c2ccccn2)S1. The molecule has 5 heteroatoms. The van der Waals surface area contributed by atoms with Crippen LogP contribution in [0.5, 0.6) is 0 Å². The predicted octanol–water partition coefficient (Wildman–Crippen LogP) is 1.23. The van der Waals surface area contributed by atoms with Crippen LogP contribution >= 0.6 is 11.8 Å². The standard InChI is InChI=1S/C7H7N3S2/c11-7-10-9-6(12-7)5-3-1-2-4-8-5/h1-4,6,9H,(H,10,11)/p-1/t6-/m1/s1. The van der Waals surface area contributed by atoms with Gasteiger partial charge in [-0.15, -0.1) is 11.8 Å². The largest absolute Gasteiger partial charge is 0.752 e. The molecule has 0 aromatic carbocycles. The van der Waals surface area contributed by atoms with E-state index < -0.39 is 0 Å². The maximum atomic E-state index is 4.90. The molecule has 0 fully saturated rings. The Morgan fingerprint density at radius 1 is 1.50 bits per heavy atom. The smallest absolute Gasteiger partial charge is 0.135 e.